The third-order valence-electron chi connectivity index (χ3n) is 2.16. The van der Waals surface area contributed by atoms with Crippen LogP contribution in [0.15, 0.2) is 34.9 Å². The maximum atomic E-state index is 5.94. The van der Waals surface area contributed by atoms with Gasteiger partial charge in [-0.25, -0.2) is 0 Å². The van der Waals surface area contributed by atoms with Crippen molar-refractivity contribution in [1.82, 2.24) is 10.1 Å². The highest BCUT2D eigenvalue weighted by molar-refractivity contribution is 5.85. The third kappa shape index (κ3) is 3.05. The Balaban J connectivity index is 0.00000128. The molecule has 0 radical (unpaired) electrons. The Kier molecular flexibility index (Phi) is 4.46. The van der Waals surface area contributed by atoms with Gasteiger partial charge in [0.1, 0.15) is 0 Å². The molecule has 0 spiro atoms. The fraction of sp³-hybridized carbons (Fsp3) is 0.273. The number of aromatic nitrogens is 2. The van der Waals surface area contributed by atoms with Gasteiger partial charge in [-0.2, -0.15) is 4.98 Å². The Bertz CT molecular complexity index is 430. The van der Waals surface area contributed by atoms with Gasteiger partial charge in [-0.15, -0.1) is 12.4 Å². The molecule has 16 heavy (non-hydrogen) atoms. The van der Waals surface area contributed by atoms with Gasteiger partial charge in [0.2, 0.25) is 5.89 Å². The number of hydrogen-bond donors (Lipinski definition) is 1. The quantitative estimate of drug-likeness (QED) is 0.890. The molecule has 0 aliphatic carbocycles. The van der Waals surface area contributed by atoms with Crippen LogP contribution in [0, 0.1) is 6.92 Å². The number of benzene rings is 1. The van der Waals surface area contributed by atoms with Crippen molar-refractivity contribution < 1.29 is 4.52 Å². The van der Waals surface area contributed by atoms with E-state index in [1.165, 1.54) is 5.56 Å². The summed E-state index contributed by atoms with van der Waals surface area (Å²) in [6, 6.07) is 9.79. The molecular formula is C11H14ClN3O. The smallest absolute Gasteiger partial charge is 0.243 e. The molecule has 2 N–H and O–H groups in total. The lowest BCUT2D eigenvalue weighted by Gasteiger charge is -2.05. The van der Waals surface area contributed by atoms with Crippen molar-refractivity contribution in [3.8, 4) is 0 Å². The highest BCUT2D eigenvalue weighted by Gasteiger charge is 2.13. The van der Waals surface area contributed by atoms with E-state index in [1.807, 2.05) is 30.3 Å². The van der Waals surface area contributed by atoms with E-state index in [0.29, 0.717) is 18.1 Å². The van der Waals surface area contributed by atoms with Crippen LogP contribution < -0.4 is 5.73 Å². The van der Waals surface area contributed by atoms with Crippen LogP contribution in [0.5, 0.6) is 0 Å². The summed E-state index contributed by atoms with van der Waals surface area (Å²) in [5.74, 6) is 1.12. The Hall–Kier alpha value is -1.39. The molecule has 2 rings (SSSR count). The van der Waals surface area contributed by atoms with Crippen molar-refractivity contribution in [3.63, 3.8) is 0 Å². The maximum absolute atomic E-state index is 5.94. The molecule has 0 bridgehead atoms. The Labute approximate surface area is 100 Å². The second kappa shape index (κ2) is 5.63. The van der Waals surface area contributed by atoms with Crippen LogP contribution in [0.4, 0.5) is 0 Å². The van der Waals surface area contributed by atoms with Crippen LogP contribution in [-0.2, 0) is 6.42 Å². The molecule has 0 aliphatic rings. The van der Waals surface area contributed by atoms with E-state index in [0.717, 1.165) is 0 Å². The first kappa shape index (κ1) is 12.7. The number of nitrogens with two attached hydrogens (primary N) is 1. The Morgan fingerprint density at radius 3 is 2.56 bits per heavy atom. The first-order chi connectivity index (χ1) is 7.25. The minimum Gasteiger partial charge on any atom is -0.338 e. The standard InChI is InChI=1S/C11H13N3O.ClH/c1-8-13-11(15-14-8)10(12)7-9-5-3-2-4-6-9;/h2-6,10H,7,12H2,1H3;1H/t10-;/m1./s1. The van der Waals surface area contributed by atoms with Crippen LogP contribution in [0.1, 0.15) is 23.3 Å². The summed E-state index contributed by atoms with van der Waals surface area (Å²) in [5.41, 5.74) is 7.11. The van der Waals surface area contributed by atoms with Crippen LogP contribution in [0.2, 0.25) is 0 Å². The molecule has 0 saturated heterocycles. The van der Waals surface area contributed by atoms with Gasteiger partial charge in [-0.1, -0.05) is 35.5 Å². The van der Waals surface area contributed by atoms with Crippen LogP contribution in [-0.4, -0.2) is 10.1 Å². The monoisotopic (exact) mass is 239 g/mol. The van der Waals surface area contributed by atoms with E-state index in [4.69, 9.17) is 10.3 Å². The molecule has 0 unspecified atom stereocenters. The van der Waals surface area contributed by atoms with Gasteiger partial charge < -0.3 is 10.3 Å². The molecule has 1 aromatic heterocycles. The average molecular weight is 240 g/mol. The molecule has 1 aromatic carbocycles. The van der Waals surface area contributed by atoms with Crippen molar-refractivity contribution in [1.29, 1.82) is 0 Å². The third-order valence-corrected chi connectivity index (χ3v) is 2.16. The first-order valence-corrected chi connectivity index (χ1v) is 4.85. The first-order valence-electron chi connectivity index (χ1n) is 4.85. The van der Waals surface area contributed by atoms with Gasteiger partial charge in [0, 0.05) is 0 Å². The van der Waals surface area contributed by atoms with E-state index in [1.54, 1.807) is 6.92 Å². The average Bonchev–Trinajstić information content (AvgIpc) is 2.66. The summed E-state index contributed by atoms with van der Waals surface area (Å²) in [6.45, 7) is 1.78. The highest BCUT2D eigenvalue weighted by atomic mass is 35.5. The lowest BCUT2D eigenvalue weighted by atomic mass is 10.1. The number of rotatable bonds is 3. The van der Waals surface area contributed by atoms with E-state index < -0.39 is 0 Å². The van der Waals surface area contributed by atoms with Crippen LogP contribution in [0.3, 0.4) is 0 Å². The number of hydrogen-bond acceptors (Lipinski definition) is 4. The van der Waals surface area contributed by atoms with Crippen molar-refractivity contribution in [3.05, 3.63) is 47.6 Å². The van der Waals surface area contributed by atoms with E-state index in [9.17, 15) is 0 Å². The van der Waals surface area contributed by atoms with Crippen LogP contribution >= 0.6 is 12.4 Å². The summed E-state index contributed by atoms with van der Waals surface area (Å²) in [6.07, 6.45) is 0.711. The molecule has 0 fully saturated rings. The highest BCUT2D eigenvalue weighted by Crippen LogP contribution is 2.13. The van der Waals surface area contributed by atoms with E-state index >= 15 is 0 Å². The van der Waals surface area contributed by atoms with Crippen molar-refractivity contribution >= 4 is 12.4 Å². The predicted molar refractivity (Wildman–Crippen MR) is 63.4 cm³/mol. The molecular weight excluding hydrogens is 226 g/mol. The SMILES string of the molecule is Cc1noc([C@H](N)Cc2ccccc2)n1.Cl. The summed E-state index contributed by atoms with van der Waals surface area (Å²) in [5, 5.41) is 3.71. The zero-order valence-electron chi connectivity index (χ0n) is 8.96. The van der Waals surface area contributed by atoms with Gasteiger partial charge in [0.25, 0.3) is 0 Å². The Morgan fingerprint density at radius 2 is 2.00 bits per heavy atom. The minimum absolute atomic E-state index is 0. The van der Waals surface area contributed by atoms with Crippen molar-refractivity contribution in [2.75, 3.05) is 0 Å². The zero-order chi connectivity index (χ0) is 10.7. The summed E-state index contributed by atoms with van der Waals surface area (Å²) >= 11 is 0. The zero-order valence-corrected chi connectivity index (χ0v) is 9.78. The second-order valence-electron chi connectivity index (χ2n) is 3.48. The molecule has 2 aromatic rings. The molecule has 0 saturated carbocycles. The summed E-state index contributed by atoms with van der Waals surface area (Å²) in [7, 11) is 0. The topological polar surface area (TPSA) is 64.9 Å². The molecule has 0 aliphatic heterocycles. The fourth-order valence-corrected chi connectivity index (χ4v) is 1.42. The van der Waals surface area contributed by atoms with Gasteiger partial charge in [-0.05, 0) is 18.9 Å². The molecule has 4 nitrogen and oxygen atoms in total. The minimum atomic E-state index is -0.228. The molecule has 5 heteroatoms. The van der Waals surface area contributed by atoms with E-state index in [-0.39, 0.29) is 18.4 Å². The largest absolute Gasteiger partial charge is 0.338 e. The van der Waals surface area contributed by atoms with Gasteiger partial charge in [0.05, 0.1) is 6.04 Å². The lowest BCUT2D eigenvalue weighted by Crippen LogP contribution is -2.13. The molecule has 0 amide bonds. The van der Waals surface area contributed by atoms with E-state index in [2.05, 4.69) is 10.1 Å². The van der Waals surface area contributed by atoms with Gasteiger partial charge in [0.15, 0.2) is 5.82 Å². The number of aryl methyl sites for hydroxylation is 1. The Morgan fingerprint density at radius 1 is 1.31 bits per heavy atom. The van der Waals surface area contributed by atoms with Gasteiger partial charge in [-0.3, -0.25) is 0 Å². The molecule has 86 valence electrons. The van der Waals surface area contributed by atoms with Crippen molar-refractivity contribution in [2.45, 2.75) is 19.4 Å². The molecule has 1 heterocycles. The summed E-state index contributed by atoms with van der Waals surface area (Å²) < 4.78 is 5.01. The second-order valence-corrected chi connectivity index (χ2v) is 3.48. The number of nitrogens with zero attached hydrogens (tertiary/aromatic N) is 2. The lowest BCUT2D eigenvalue weighted by molar-refractivity contribution is 0.351. The van der Waals surface area contributed by atoms with Crippen LogP contribution in [0.25, 0.3) is 0 Å². The normalized spacial score (nSPS) is 11.9. The summed E-state index contributed by atoms with van der Waals surface area (Å²) in [4.78, 5) is 4.10. The fourth-order valence-electron chi connectivity index (χ4n) is 1.42. The predicted octanol–water partition coefficient (Wildman–Crippen LogP) is 2.04. The number of halogens is 1. The van der Waals surface area contributed by atoms with Crippen molar-refractivity contribution in [2.24, 2.45) is 5.73 Å². The maximum Gasteiger partial charge on any atom is 0.243 e. The molecule has 1 atom stereocenters. The van der Waals surface area contributed by atoms with Gasteiger partial charge >= 0.3 is 0 Å².